The minimum Gasteiger partial charge on any atom is -0.478 e. The predicted molar refractivity (Wildman–Crippen MR) is 99.4 cm³/mol. The molecule has 0 aliphatic heterocycles. The van der Waals surface area contributed by atoms with Crippen LogP contribution < -0.4 is 11.1 Å². The number of amides is 1. The first kappa shape index (κ1) is 17.6. The zero-order chi connectivity index (χ0) is 18.2. The Morgan fingerprint density at radius 2 is 2.04 bits per heavy atom. The third kappa shape index (κ3) is 3.45. The molecule has 6 heteroatoms. The number of carbonyl (C=O) groups is 2. The zero-order valence-electron chi connectivity index (χ0n) is 14.4. The van der Waals surface area contributed by atoms with Crippen molar-refractivity contribution in [3.63, 3.8) is 0 Å². The second kappa shape index (κ2) is 6.61. The summed E-state index contributed by atoms with van der Waals surface area (Å²) in [6.45, 7) is 4.55. The van der Waals surface area contributed by atoms with E-state index in [0.29, 0.717) is 10.6 Å². The van der Waals surface area contributed by atoms with Crippen LogP contribution in [-0.4, -0.2) is 17.0 Å². The lowest BCUT2D eigenvalue weighted by Gasteiger charge is -2.29. The lowest BCUT2D eigenvalue weighted by atomic mass is 9.76. The van der Waals surface area contributed by atoms with Gasteiger partial charge < -0.3 is 16.2 Å². The average molecular weight is 358 g/mol. The van der Waals surface area contributed by atoms with E-state index in [9.17, 15) is 14.7 Å². The molecule has 0 unspecified atom stereocenters. The van der Waals surface area contributed by atoms with Crippen molar-refractivity contribution in [1.29, 1.82) is 0 Å². The van der Waals surface area contributed by atoms with E-state index >= 15 is 0 Å². The molecule has 2 aromatic rings. The maximum Gasteiger partial charge on any atom is 0.339 e. The molecular formula is C19H22N2O3S. The second-order valence-corrected chi connectivity index (χ2v) is 8.27. The molecular weight excluding hydrogens is 336 g/mol. The number of carbonyl (C=O) groups excluding carboxylic acids is 1. The minimum atomic E-state index is -0.988. The molecule has 1 aliphatic carbocycles. The van der Waals surface area contributed by atoms with Crippen molar-refractivity contribution in [1.82, 2.24) is 0 Å². The Bertz CT molecular complexity index is 839. The molecule has 132 valence electrons. The Morgan fingerprint density at radius 3 is 2.72 bits per heavy atom. The lowest BCUT2D eigenvalue weighted by Crippen LogP contribution is -2.22. The highest BCUT2D eigenvalue weighted by Gasteiger charge is 2.33. The van der Waals surface area contributed by atoms with E-state index in [1.165, 1.54) is 11.3 Å². The number of carboxylic acid groups (broad SMARTS) is 1. The van der Waals surface area contributed by atoms with Gasteiger partial charge in [-0.2, -0.15) is 0 Å². The van der Waals surface area contributed by atoms with E-state index < -0.39 is 5.97 Å². The van der Waals surface area contributed by atoms with Crippen molar-refractivity contribution in [3.8, 4) is 0 Å². The van der Waals surface area contributed by atoms with Crippen molar-refractivity contribution < 1.29 is 14.7 Å². The largest absolute Gasteiger partial charge is 0.478 e. The molecule has 1 aromatic heterocycles. The number of rotatable bonds is 4. The molecule has 4 N–H and O–H groups in total. The normalized spacial score (nSPS) is 15.5. The van der Waals surface area contributed by atoms with Gasteiger partial charge >= 0.3 is 5.97 Å². The monoisotopic (exact) mass is 358 g/mol. The number of nitrogens with two attached hydrogens (primary N) is 1. The molecule has 25 heavy (non-hydrogen) atoms. The highest BCUT2D eigenvalue weighted by atomic mass is 32.1. The summed E-state index contributed by atoms with van der Waals surface area (Å²) in [6.07, 6.45) is 2.58. The summed E-state index contributed by atoms with van der Waals surface area (Å²) in [5.41, 5.74) is 8.10. The number of thiophene rings is 1. The molecule has 0 bridgehead atoms. The Hall–Kier alpha value is -2.18. The summed E-state index contributed by atoms with van der Waals surface area (Å²) in [6, 6.07) is 7.10. The first-order valence-corrected chi connectivity index (χ1v) is 9.11. The zero-order valence-corrected chi connectivity index (χ0v) is 15.2. The third-order valence-corrected chi connectivity index (χ3v) is 5.90. The maximum absolute atomic E-state index is 12.7. The number of aryl methyl sites for hydroxylation is 1. The standard InChI is InChI=1S/C19H22N2O3S/c1-19(2)8-7-14-13(9-19)15(18(23)24)17(25-14)21-16(22)12-6-4-3-5-11(12)10-20/h3-6H,7-10,20H2,1-2H3,(H,21,22)(H,23,24). The van der Waals surface area contributed by atoms with E-state index in [0.717, 1.165) is 35.3 Å². The van der Waals surface area contributed by atoms with E-state index in [-0.39, 0.29) is 23.4 Å². The van der Waals surface area contributed by atoms with Gasteiger partial charge in [0.1, 0.15) is 5.00 Å². The maximum atomic E-state index is 12.7. The summed E-state index contributed by atoms with van der Waals surface area (Å²) >= 11 is 1.38. The average Bonchev–Trinajstić information content (AvgIpc) is 2.90. The number of nitrogens with one attached hydrogen (secondary N) is 1. The Kier molecular flexibility index (Phi) is 4.67. The number of hydrogen-bond acceptors (Lipinski definition) is 4. The molecule has 0 radical (unpaired) electrons. The molecule has 1 aromatic carbocycles. The SMILES string of the molecule is CC1(C)CCc2sc(NC(=O)c3ccccc3CN)c(C(=O)O)c2C1. The van der Waals surface area contributed by atoms with Crippen LogP contribution in [0.25, 0.3) is 0 Å². The van der Waals surface area contributed by atoms with Crippen molar-refractivity contribution in [2.45, 2.75) is 39.7 Å². The van der Waals surface area contributed by atoms with Crippen LogP contribution in [0.5, 0.6) is 0 Å². The van der Waals surface area contributed by atoms with Crippen LogP contribution in [0.1, 0.15) is 57.0 Å². The highest BCUT2D eigenvalue weighted by Crippen LogP contribution is 2.43. The Labute approximate surface area is 150 Å². The lowest BCUT2D eigenvalue weighted by molar-refractivity contribution is 0.0696. The van der Waals surface area contributed by atoms with Gasteiger partial charge in [-0.3, -0.25) is 4.79 Å². The van der Waals surface area contributed by atoms with Gasteiger partial charge in [0.2, 0.25) is 0 Å². The fourth-order valence-corrected chi connectivity index (χ4v) is 4.53. The van der Waals surface area contributed by atoms with Crippen LogP contribution in [0.4, 0.5) is 5.00 Å². The molecule has 5 nitrogen and oxygen atoms in total. The van der Waals surface area contributed by atoms with Crippen LogP contribution in [-0.2, 0) is 19.4 Å². The first-order valence-electron chi connectivity index (χ1n) is 8.29. The van der Waals surface area contributed by atoms with Gasteiger partial charge in [0.15, 0.2) is 0 Å². The minimum absolute atomic E-state index is 0.0751. The Morgan fingerprint density at radius 1 is 1.32 bits per heavy atom. The number of anilines is 1. The van der Waals surface area contributed by atoms with Crippen LogP contribution in [0.15, 0.2) is 24.3 Å². The molecule has 0 saturated heterocycles. The van der Waals surface area contributed by atoms with Crippen molar-refractivity contribution in [3.05, 3.63) is 51.4 Å². The van der Waals surface area contributed by atoms with Gasteiger partial charge in [0, 0.05) is 17.0 Å². The van der Waals surface area contributed by atoms with Crippen LogP contribution in [0.3, 0.4) is 0 Å². The summed E-state index contributed by atoms with van der Waals surface area (Å²) in [5, 5.41) is 12.9. The smallest absolute Gasteiger partial charge is 0.339 e. The van der Waals surface area contributed by atoms with Crippen molar-refractivity contribution in [2.24, 2.45) is 11.1 Å². The summed E-state index contributed by atoms with van der Waals surface area (Å²) in [5.74, 6) is -1.31. The fraction of sp³-hybridized carbons (Fsp3) is 0.368. The van der Waals surface area contributed by atoms with Gasteiger partial charge in [-0.15, -0.1) is 11.3 Å². The fourth-order valence-electron chi connectivity index (χ4n) is 3.32. The number of fused-ring (bicyclic) bond motifs is 1. The quantitative estimate of drug-likeness (QED) is 0.777. The molecule has 1 amide bonds. The summed E-state index contributed by atoms with van der Waals surface area (Å²) < 4.78 is 0. The van der Waals surface area contributed by atoms with E-state index in [4.69, 9.17) is 5.73 Å². The van der Waals surface area contributed by atoms with Crippen LogP contribution in [0.2, 0.25) is 0 Å². The molecule has 1 aliphatic rings. The highest BCUT2D eigenvalue weighted by molar-refractivity contribution is 7.17. The van der Waals surface area contributed by atoms with Gasteiger partial charge in [-0.25, -0.2) is 4.79 Å². The van der Waals surface area contributed by atoms with E-state index in [2.05, 4.69) is 19.2 Å². The van der Waals surface area contributed by atoms with E-state index in [1.807, 2.05) is 6.07 Å². The summed E-state index contributed by atoms with van der Waals surface area (Å²) in [4.78, 5) is 25.6. The van der Waals surface area contributed by atoms with Crippen LogP contribution in [0, 0.1) is 5.41 Å². The first-order chi connectivity index (χ1) is 11.8. The topological polar surface area (TPSA) is 92.4 Å². The summed E-state index contributed by atoms with van der Waals surface area (Å²) in [7, 11) is 0. The third-order valence-electron chi connectivity index (χ3n) is 4.70. The van der Waals surface area contributed by atoms with Gasteiger partial charge in [-0.05, 0) is 41.9 Å². The molecule has 3 rings (SSSR count). The molecule has 0 saturated carbocycles. The van der Waals surface area contributed by atoms with Crippen LogP contribution >= 0.6 is 11.3 Å². The second-order valence-electron chi connectivity index (χ2n) is 7.17. The number of benzene rings is 1. The number of hydrogen-bond donors (Lipinski definition) is 3. The number of carboxylic acids is 1. The number of aromatic carboxylic acids is 1. The molecule has 0 atom stereocenters. The predicted octanol–water partition coefficient (Wildman–Crippen LogP) is 3.67. The van der Waals surface area contributed by atoms with Crippen molar-refractivity contribution >= 4 is 28.2 Å². The Balaban J connectivity index is 1.97. The van der Waals surface area contributed by atoms with Gasteiger partial charge in [0.25, 0.3) is 5.91 Å². The molecule has 0 spiro atoms. The molecule has 1 heterocycles. The molecule has 0 fully saturated rings. The van der Waals surface area contributed by atoms with E-state index in [1.54, 1.807) is 18.2 Å². The van der Waals surface area contributed by atoms with Gasteiger partial charge in [0.05, 0.1) is 5.56 Å². The van der Waals surface area contributed by atoms with Gasteiger partial charge in [-0.1, -0.05) is 32.0 Å². The van der Waals surface area contributed by atoms with Crippen molar-refractivity contribution in [2.75, 3.05) is 5.32 Å².